The lowest BCUT2D eigenvalue weighted by molar-refractivity contribution is -0.114. The Morgan fingerprint density at radius 1 is 1.48 bits per heavy atom. The molecule has 1 aliphatic heterocycles. The minimum Gasteiger partial charge on any atom is -0.404 e. The number of aliphatic imine (C=N–C) groups is 1. The van der Waals surface area contributed by atoms with E-state index in [2.05, 4.69) is 15.3 Å². The second-order valence-corrected chi connectivity index (χ2v) is 5.45. The molecule has 0 spiro atoms. The Kier molecular flexibility index (Phi) is 3.66. The van der Waals surface area contributed by atoms with Crippen molar-refractivity contribution in [3.63, 3.8) is 0 Å². The number of carbonyl (C=O) groups excluding carboxylic acids is 1. The van der Waals surface area contributed by atoms with Gasteiger partial charge in [0.2, 0.25) is 0 Å². The summed E-state index contributed by atoms with van der Waals surface area (Å²) in [7, 11) is 0. The van der Waals surface area contributed by atoms with Gasteiger partial charge in [0, 0.05) is 12.7 Å². The third kappa shape index (κ3) is 2.52. The molecule has 5 nitrogen and oxygen atoms in total. The second-order valence-electron chi connectivity index (χ2n) is 5.45. The van der Waals surface area contributed by atoms with Gasteiger partial charge >= 0.3 is 0 Å². The van der Waals surface area contributed by atoms with E-state index >= 15 is 0 Å². The number of rotatable bonds is 2. The first-order valence-electron chi connectivity index (χ1n) is 7.05. The maximum atomic E-state index is 11.6. The van der Waals surface area contributed by atoms with Gasteiger partial charge in [0.05, 0.1) is 23.0 Å². The van der Waals surface area contributed by atoms with Crippen molar-refractivity contribution in [3.05, 3.63) is 47.9 Å². The number of carbonyl (C=O) groups is 1. The predicted molar refractivity (Wildman–Crippen MR) is 82.3 cm³/mol. The number of pyridine rings is 1. The van der Waals surface area contributed by atoms with Crippen LogP contribution >= 0.6 is 0 Å². The van der Waals surface area contributed by atoms with Gasteiger partial charge in [-0.1, -0.05) is 5.57 Å². The Labute approximate surface area is 123 Å². The normalized spacial score (nSPS) is 29.0. The van der Waals surface area contributed by atoms with Crippen molar-refractivity contribution in [3.8, 4) is 0 Å². The Bertz CT molecular complexity index is 633. The number of aromatic nitrogens is 1. The van der Waals surface area contributed by atoms with Crippen LogP contribution in [0, 0.1) is 5.41 Å². The summed E-state index contributed by atoms with van der Waals surface area (Å²) < 4.78 is 0. The molecule has 1 aliphatic carbocycles. The summed E-state index contributed by atoms with van der Waals surface area (Å²) in [4.78, 5) is 20.3. The van der Waals surface area contributed by atoms with E-state index < -0.39 is 5.41 Å². The SMILES string of the molecule is NC=C1CC2(C=O)CNCCC2=CC1=Nc1cccnc1. The number of fused-ring (bicyclic) bond motifs is 1. The number of allylic oxidation sites excluding steroid dienone is 2. The highest BCUT2D eigenvalue weighted by Crippen LogP contribution is 2.40. The largest absolute Gasteiger partial charge is 0.404 e. The number of nitrogens with two attached hydrogens (primary N) is 1. The van der Waals surface area contributed by atoms with E-state index in [9.17, 15) is 4.79 Å². The zero-order valence-electron chi connectivity index (χ0n) is 11.7. The zero-order valence-corrected chi connectivity index (χ0v) is 11.7. The molecule has 1 fully saturated rings. The molecule has 0 saturated carbocycles. The highest BCUT2D eigenvalue weighted by Gasteiger charge is 2.40. The third-order valence-electron chi connectivity index (χ3n) is 4.12. The molecular weight excluding hydrogens is 264 g/mol. The minimum atomic E-state index is -0.461. The second kappa shape index (κ2) is 5.61. The summed E-state index contributed by atoms with van der Waals surface area (Å²) in [5.41, 5.74) is 8.96. The highest BCUT2D eigenvalue weighted by molar-refractivity contribution is 6.12. The number of piperidine rings is 1. The van der Waals surface area contributed by atoms with E-state index in [4.69, 9.17) is 5.73 Å². The molecule has 21 heavy (non-hydrogen) atoms. The average Bonchev–Trinajstić information content (AvgIpc) is 2.55. The first-order valence-corrected chi connectivity index (χ1v) is 7.05. The van der Waals surface area contributed by atoms with Crippen molar-refractivity contribution < 1.29 is 4.79 Å². The van der Waals surface area contributed by atoms with E-state index in [1.54, 1.807) is 18.6 Å². The van der Waals surface area contributed by atoms with Crippen molar-refractivity contribution in [2.75, 3.05) is 13.1 Å². The van der Waals surface area contributed by atoms with E-state index in [0.29, 0.717) is 13.0 Å². The quantitative estimate of drug-likeness (QED) is 0.806. The first kappa shape index (κ1) is 13.7. The molecule has 1 saturated heterocycles. The number of nitrogens with one attached hydrogen (secondary N) is 1. The van der Waals surface area contributed by atoms with Gasteiger partial charge in [-0.3, -0.25) is 4.98 Å². The van der Waals surface area contributed by atoms with Gasteiger partial charge in [0.25, 0.3) is 0 Å². The van der Waals surface area contributed by atoms with Crippen LogP contribution in [0.2, 0.25) is 0 Å². The minimum absolute atomic E-state index is 0.461. The molecule has 0 bridgehead atoms. The van der Waals surface area contributed by atoms with Gasteiger partial charge in [-0.15, -0.1) is 0 Å². The van der Waals surface area contributed by atoms with Crippen LogP contribution in [0.4, 0.5) is 5.69 Å². The molecular formula is C16H18N4O. The Morgan fingerprint density at radius 2 is 2.38 bits per heavy atom. The third-order valence-corrected chi connectivity index (χ3v) is 4.12. The summed E-state index contributed by atoms with van der Waals surface area (Å²) in [6.07, 6.45) is 9.52. The van der Waals surface area contributed by atoms with Crippen LogP contribution in [0.15, 0.2) is 52.9 Å². The van der Waals surface area contributed by atoms with Crippen LogP contribution in [0.1, 0.15) is 12.8 Å². The summed E-state index contributed by atoms with van der Waals surface area (Å²) in [6, 6.07) is 3.75. The molecule has 108 valence electrons. The molecule has 2 aliphatic rings. The zero-order chi connectivity index (χ0) is 14.7. The average molecular weight is 282 g/mol. The standard InChI is InChI=1S/C16H18N4O/c17-8-12-7-16(11-21)10-19-5-3-13(16)6-15(12)20-14-2-1-4-18-9-14/h1-2,4,6,8-9,11,19H,3,5,7,10,17H2. The molecule has 1 aromatic heterocycles. The molecule has 3 N–H and O–H groups in total. The monoisotopic (exact) mass is 282 g/mol. The van der Waals surface area contributed by atoms with Crippen molar-refractivity contribution in [2.24, 2.45) is 16.1 Å². The van der Waals surface area contributed by atoms with Gasteiger partial charge < -0.3 is 15.8 Å². The predicted octanol–water partition coefficient (Wildman–Crippen LogP) is 1.51. The fraction of sp³-hybridized carbons (Fsp3) is 0.312. The Hall–Kier alpha value is -2.27. The van der Waals surface area contributed by atoms with Crippen LogP contribution in [0.5, 0.6) is 0 Å². The highest BCUT2D eigenvalue weighted by atomic mass is 16.1. The maximum Gasteiger partial charge on any atom is 0.131 e. The van der Waals surface area contributed by atoms with Gasteiger partial charge in [-0.05, 0) is 49.4 Å². The van der Waals surface area contributed by atoms with Gasteiger partial charge in [0.15, 0.2) is 0 Å². The van der Waals surface area contributed by atoms with Crippen molar-refractivity contribution >= 4 is 17.7 Å². The van der Waals surface area contributed by atoms with Gasteiger partial charge in [-0.25, -0.2) is 4.99 Å². The number of hydrogen-bond acceptors (Lipinski definition) is 5. The van der Waals surface area contributed by atoms with Gasteiger partial charge in [0.1, 0.15) is 6.29 Å². The fourth-order valence-corrected chi connectivity index (χ4v) is 2.94. The molecule has 5 heteroatoms. The maximum absolute atomic E-state index is 11.6. The van der Waals surface area contributed by atoms with E-state index in [1.807, 2.05) is 18.2 Å². The van der Waals surface area contributed by atoms with E-state index in [1.165, 1.54) is 0 Å². The molecule has 1 atom stereocenters. The lowest BCUT2D eigenvalue weighted by atomic mass is 9.68. The Morgan fingerprint density at radius 3 is 3.10 bits per heavy atom. The van der Waals surface area contributed by atoms with Crippen LogP contribution in [0.3, 0.4) is 0 Å². The molecule has 3 rings (SSSR count). The number of nitrogens with zero attached hydrogens (tertiary/aromatic N) is 2. The van der Waals surface area contributed by atoms with Crippen molar-refractivity contribution in [1.29, 1.82) is 0 Å². The molecule has 1 aromatic rings. The van der Waals surface area contributed by atoms with E-state index in [0.717, 1.165) is 41.8 Å². The van der Waals surface area contributed by atoms with Crippen LogP contribution in [-0.2, 0) is 4.79 Å². The topological polar surface area (TPSA) is 80.4 Å². The van der Waals surface area contributed by atoms with Crippen LogP contribution in [-0.4, -0.2) is 30.1 Å². The molecule has 0 radical (unpaired) electrons. The van der Waals surface area contributed by atoms with Crippen LogP contribution < -0.4 is 11.1 Å². The van der Waals surface area contributed by atoms with Crippen molar-refractivity contribution in [1.82, 2.24) is 10.3 Å². The lowest BCUT2D eigenvalue weighted by Crippen LogP contribution is -2.45. The lowest BCUT2D eigenvalue weighted by Gasteiger charge is -2.39. The molecule has 0 amide bonds. The molecule has 0 aromatic carbocycles. The van der Waals surface area contributed by atoms with Crippen LogP contribution in [0.25, 0.3) is 0 Å². The summed E-state index contributed by atoms with van der Waals surface area (Å²) in [6.45, 7) is 1.56. The summed E-state index contributed by atoms with van der Waals surface area (Å²) in [5.74, 6) is 0. The molecule has 1 unspecified atom stereocenters. The molecule has 2 heterocycles. The first-order chi connectivity index (χ1) is 10.3. The fourth-order valence-electron chi connectivity index (χ4n) is 2.94. The Balaban J connectivity index is 2.05. The van der Waals surface area contributed by atoms with Gasteiger partial charge in [-0.2, -0.15) is 0 Å². The van der Waals surface area contributed by atoms with Crippen molar-refractivity contribution in [2.45, 2.75) is 12.8 Å². The van der Waals surface area contributed by atoms with E-state index in [-0.39, 0.29) is 0 Å². The number of hydrogen-bond donors (Lipinski definition) is 2. The number of aldehydes is 1. The summed E-state index contributed by atoms with van der Waals surface area (Å²) >= 11 is 0. The smallest absolute Gasteiger partial charge is 0.131 e. The summed E-state index contributed by atoms with van der Waals surface area (Å²) in [5, 5.41) is 3.29.